The molecule has 8 heterocycles. The molecule has 8 rings (SSSR count). The first-order chi connectivity index (χ1) is 23.4. The second-order valence-corrected chi connectivity index (χ2v) is 14.2. The predicted octanol–water partition coefficient (Wildman–Crippen LogP) is 0.0994. The summed E-state index contributed by atoms with van der Waals surface area (Å²) in [5.41, 5.74) is 0.612. The van der Waals surface area contributed by atoms with Gasteiger partial charge in [-0.1, -0.05) is 0 Å². The van der Waals surface area contributed by atoms with E-state index in [9.17, 15) is 28.8 Å². The Morgan fingerprint density at radius 2 is 1.57 bits per heavy atom. The molecule has 0 radical (unpaired) electrons. The van der Waals surface area contributed by atoms with Crippen molar-refractivity contribution in [3.63, 3.8) is 0 Å². The molecule has 0 amide bonds. The van der Waals surface area contributed by atoms with E-state index in [4.69, 9.17) is 32.3 Å². The number of fused-ring (bicyclic) bond motifs is 7. The Morgan fingerprint density at radius 1 is 0.898 bits per heavy atom. The summed E-state index contributed by atoms with van der Waals surface area (Å²) in [6.45, 7) is 1.87. The SMILES string of the molecule is CCO[C@@H]1C2OP(=O)(O)OC[C@H]3O[C@@H](n4cnc5c4ncn4ccnc54)C(O)[C@H]3OP(=O)(O)OC[C@H]1O[C@H]2n1cnc2c(=O)[nH]c(C)nc21. The monoisotopic (exact) mass is 725 g/mol. The number of aromatic nitrogens is 9. The highest BCUT2D eigenvalue weighted by molar-refractivity contribution is 7.47. The summed E-state index contributed by atoms with van der Waals surface area (Å²) in [5.74, 6) is 0.258. The summed E-state index contributed by atoms with van der Waals surface area (Å²) in [6, 6.07) is 0. The number of H-pyrrole nitrogens is 1. The van der Waals surface area contributed by atoms with Gasteiger partial charge in [-0.25, -0.2) is 34.0 Å². The van der Waals surface area contributed by atoms with Crippen molar-refractivity contribution in [2.45, 2.75) is 62.9 Å². The molecule has 49 heavy (non-hydrogen) atoms. The van der Waals surface area contributed by atoms with Crippen molar-refractivity contribution >= 4 is 43.6 Å². The fraction of sp³-hybridized carbons (Fsp3) is 0.520. The molecule has 5 aromatic rings. The van der Waals surface area contributed by atoms with Crippen LogP contribution in [0.1, 0.15) is 25.2 Å². The molecule has 3 aliphatic rings. The van der Waals surface area contributed by atoms with Crippen molar-refractivity contribution in [3.8, 4) is 0 Å². The Morgan fingerprint density at radius 3 is 2.33 bits per heavy atom. The lowest BCUT2D eigenvalue weighted by atomic mass is 10.1. The molecule has 262 valence electrons. The molecule has 22 nitrogen and oxygen atoms in total. The van der Waals surface area contributed by atoms with Crippen LogP contribution in [0.4, 0.5) is 0 Å². The standard InChI is InChI=1S/C25H29N9O13P2/c1-3-41-18-13-7-43-48(37,38)46-17-12(44-24(16(17)35)33-9-27-14-20-26-4-5-32(20)8-29-21(14)33)6-42-49(39,40)47-19(18)25(45-13)34-10-28-15-22(34)30-11(2)31-23(15)36/h4-5,8-10,12-13,16-19,24-25,35H,3,6-7H2,1-2H3,(H,37,38)(H,39,40)(H,30,31,36)/t12-,13-,16?,17+,18+,19?,24-,25-/m1/s1. The first-order valence-corrected chi connectivity index (χ1v) is 17.9. The topological polar surface area (TPSA) is 271 Å². The quantitative estimate of drug-likeness (QED) is 0.179. The van der Waals surface area contributed by atoms with Gasteiger partial charge in [0.25, 0.3) is 5.56 Å². The number of aryl methyl sites for hydroxylation is 1. The lowest BCUT2D eigenvalue weighted by Gasteiger charge is -2.26. The highest BCUT2D eigenvalue weighted by Crippen LogP contribution is 2.54. The maximum absolute atomic E-state index is 13.5. The van der Waals surface area contributed by atoms with Gasteiger partial charge in [-0.15, -0.1) is 0 Å². The van der Waals surface area contributed by atoms with Gasteiger partial charge in [-0.2, -0.15) is 0 Å². The smallest absolute Gasteiger partial charge is 0.386 e. The number of hydrogen-bond donors (Lipinski definition) is 4. The Hall–Kier alpha value is -3.50. The lowest BCUT2D eigenvalue weighted by Crippen LogP contribution is -2.38. The number of nitrogens with zero attached hydrogens (tertiary/aromatic N) is 8. The van der Waals surface area contributed by atoms with Crippen LogP contribution in [0.25, 0.3) is 28.0 Å². The summed E-state index contributed by atoms with van der Waals surface area (Å²) in [7, 11) is -10.0. The van der Waals surface area contributed by atoms with E-state index in [1.165, 1.54) is 28.1 Å². The number of aliphatic hydroxyl groups excluding tert-OH is 1. The molecule has 3 aliphatic heterocycles. The van der Waals surface area contributed by atoms with Gasteiger partial charge in [0.15, 0.2) is 40.4 Å². The van der Waals surface area contributed by atoms with E-state index in [-0.39, 0.29) is 29.2 Å². The highest BCUT2D eigenvalue weighted by atomic mass is 31.2. The normalized spacial score (nSPS) is 35.8. The third-order valence-electron chi connectivity index (χ3n) is 8.32. The van der Waals surface area contributed by atoms with Gasteiger partial charge >= 0.3 is 15.6 Å². The van der Waals surface area contributed by atoms with Gasteiger partial charge < -0.3 is 34.1 Å². The number of imidazole rings is 3. The molecular formula is C25H29N9O13P2. The van der Waals surface area contributed by atoms with Crippen molar-refractivity contribution in [1.82, 2.24) is 43.4 Å². The van der Waals surface area contributed by atoms with Crippen LogP contribution in [0, 0.1) is 6.92 Å². The van der Waals surface area contributed by atoms with E-state index in [2.05, 4.69) is 29.9 Å². The number of aliphatic hydroxyl groups is 1. The summed E-state index contributed by atoms with van der Waals surface area (Å²) in [4.78, 5) is 58.3. The Labute approximate surface area is 273 Å². The molecule has 2 bridgehead atoms. The molecule has 0 aliphatic carbocycles. The minimum Gasteiger partial charge on any atom is -0.386 e. The van der Waals surface area contributed by atoms with Crippen LogP contribution in [-0.4, -0.2) is 115 Å². The maximum atomic E-state index is 13.5. The summed E-state index contributed by atoms with van der Waals surface area (Å²) < 4.78 is 70.9. The number of phosphoric ester groups is 2. The molecule has 3 fully saturated rings. The molecule has 5 aromatic heterocycles. The molecule has 3 saturated heterocycles. The van der Waals surface area contributed by atoms with Gasteiger partial charge in [0.2, 0.25) is 0 Å². The minimum atomic E-state index is -5.03. The van der Waals surface area contributed by atoms with Gasteiger partial charge in [0.05, 0.1) is 25.9 Å². The van der Waals surface area contributed by atoms with Crippen LogP contribution < -0.4 is 5.56 Å². The zero-order valence-corrected chi connectivity index (χ0v) is 27.3. The summed E-state index contributed by atoms with van der Waals surface area (Å²) in [6.07, 6.45) is -3.81. The first-order valence-electron chi connectivity index (χ1n) is 14.9. The van der Waals surface area contributed by atoms with E-state index < -0.39 is 83.5 Å². The number of aromatic amines is 1. The zero-order valence-electron chi connectivity index (χ0n) is 25.5. The van der Waals surface area contributed by atoms with Crippen molar-refractivity contribution in [1.29, 1.82) is 0 Å². The lowest BCUT2D eigenvalue weighted by molar-refractivity contribution is -0.0677. The largest absolute Gasteiger partial charge is 0.472 e. The van der Waals surface area contributed by atoms with Crippen LogP contribution in [0.2, 0.25) is 0 Å². The van der Waals surface area contributed by atoms with Crippen molar-refractivity contribution in [2.24, 2.45) is 0 Å². The number of nitrogens with one attached hydrogen (secondary N) is 1. The molecule has 4 N–H and O–H groups in total. The van der Waals surface area contributed by atoms with Crippen molar-refractivity contribution < 1.29 is 56.3 Å². The average Bonchev–Trinajstić information content (AvgIpc) is 3.87. The average molecular weight is 726 g/mol. The van der Waals surface area contributed by atoms with Crippen molar-refractivity contribution in [2.75, 3.05) is 19.8 Å². The van der Waals surface area contributed by atoms with Crippen LogP contribution in [0.15, 0.2) is 36.2 Å². The number of hydrogen-bond acceptors (Lipinski definition) is 16. The van der Waals surface area contributed by atoms with E-state index in [1.807, 2.05) is 0 Å². The minimum absolute atomic E-state index is 0.0423. The first kappa shape index (κ1) is 32.7. The van der Waals surface area contributed by atoms with Gasteiger partial charge in [-0.05, 0) is 13.8 Å². The maximum Gasteiger partial charge on any atom is 0.472 e. The van der Waals surface area contributed by atoms with Crippen LogP contribution >= 0.6 is 15.6 Å². The molecule has 0 aromatic carbocycles. The predicted molar refractivity (Wildman–Crippen MR) is 160 cm³/mol. The Kier molecular flexibility index (Phi) is 8.06. The summed E-state index contributed by atoms with van der Waals surface area (Å²) in [5, 5.41) is 11.4. The van der Waals surface area contributed by atoms with Crippen LogP contribution in [0.3, 0.4) is 0 Å². The van der Waals surface area contributed by atoms with Gasteiger partial charge in [0.1, 0.15) is 48.8 Å². The number of ether oxygens (including phenoxy) is 3. The second-order valence-electron chi connectivity index (χ2n) is 11.4. The Balaban J connectivity index is 1.13. The van der Waals surface area contributed by atoms with E-state index in [0.717, 1.165) is 0 Å². The zero-order chi connectivity index (χ0) is 34.2. The van der Waals surface area contributed by atoms with Crippen molar-refractivity contribution in [3.05, 3.63) is 47.6 Å². The van der Waals surface area contributed by atoms with E-state index >= 15 is 0 Å². The molecule has 0 spiro atoms. The van der Waals surface area contributed by atoms with Gasteiger partial charge in [0, 0.05) is 19.0 Å². The third kappa shape index (κ3) is 5.72. The molecule has 10 atom stereocenters. The van der Waals surface area contributed by atoms with E-state index in [0.29, 0.717) is 11.2 Å². The molecular weight excluding hydrogens is 696 g/mol. The number of phosphoric acid groups is 2. The second kappa shape index (κ2) is 12.1. The molecule has 24 heteroatoms. The highest BCUT2D eigenvalue weighted by Gasteiger charge is 2.54. The summed E-state index contributed by atoms with van der Waals surface area (Å²) >= 11 is 0. The number of rotatable bonds is 4. The fourth-order valence-corrected chi connectivity index (χ4v) is 8.14. The fourth-order valence-electron chi connectivity index (χ4n) is 6.24. The molecule has 0 saturated carbocycles. The van der Waals surface area contributed by atoms with Crippen LogP contribution in [-0.2, 0) is 41.4 Å². The van der Waals surface area contributed by atoms with Crippen LogP contribution in [0.5, 0.6) is 0 Å². The molecule has 4 unspecified atom stereocenters. The third-order valence-corrected chi connectivity index (χ3v) is 10.3. The van der Waals surface area contributed by atoms with E-state index in [1.54, 1.807) is 30.6 Å². The Bertz CT molecular complexity index is 2200. The van der Waals surface area contributed by atoms with Gasteiger partial charge in [-0.3, -0.25) is 36.4 Å².